The molecule has 1 atom stereocenters. The quantitative estimate of drug-likeness (QED) is 0.596. The minimum Gasteiger partial charge on any atom is -0.465 e. The number of esters is 1. The summed E-state index contributed by atoms with van der Waals surface area (Å²) in [5, 5.41) is 0.578. The number of benzene rings is 2. The first-order valence-corrected chi connectivity index (χ1v) is 12.5. The van der Waals surface area contributed by atoms with Gasteiger partial charge in [0.2, 0.25) is 10.0 Å². The van der Waals surface area contributed by atoms with Gasteiger partial charge in [0, 0.05) is 36.8 Å². The van der Waals surface area contributed by atoms with Crippen LogP contribution in [-0.4, -0.2) is 69.9 Å². The van der Waals surface area contributed by atoms with Crippen molar-refractivity contribution in [3.63, 3.8) is 0 Å². The lowest BCUT2D eigenvalue weighted by Gasteiger charge is -2.38. The third kappa shape index (κ3) is 5.73. The molecule has 1 N–H and O–H groups in total. The van der Waals surface area contributed by atoms with E-state index in [0.717, 1.165) is 5.56 Å². The number of hydrogen-bond donors (Lipinski definition) is 1. The molecule has 0 aliphatic carbocycles. The SMILES string of the molecule is CCOC(=O)C(c1ccc(Cl)cc1)N1CCN(C(=O)c2cc(S(=O)(=O)NC)ccc2C)CC1. The lowest BCUT2D eigenvalue weighted by Crippen LogP contribution is -2.51. The molecule has 0 spiro atoms. The lowest BCUT2D eigenvalue weighted by atomic mass is 10.0. The van der Waals surface area contributed by atoms with Gasteiger partial charge in [0.1, 0.15) is 6.04 Å². The number of aryl methyl sites for hydroxylation is 1. The van der Waals surface area contributed by atoms with Crippen molar-refractivity contribution < 1.29 is 22.7 Å². The molecule has 0 bridgehead atoms. The molecule has 1 saturated heterocycles. The summed E-state index contributed by atoms with van der Waals surface area (Å²) in [7, 11) is -2.33. The van der Waals surface area contributed by atoms with E-state index in [-0.39, 0.29) is 23.4 Å². The third-order valence-electron chi connectivity index (χ3n) is 5.68. The van der Waals surface area contributed by atoms with E-state index in [9.17, 15) is 18.0 Å². The summed E-state index contributed by atoms with van der Waals surface area (Å²) in [6.45, 7) is 5.52. The first-order chi connectivity index (χ1) is 15.7. The van der Waals surface area contributed by atoms with E-state index in [1.807, 2.05) is 4.90 Å². The number of piperazine rings is 1. The minimum absolute atomic E-state index is 0.0442. The maximum Gasteiger partial charge on any atom is 0.328 e. The summed E-state index contributed by atoms with van der Waals surface area (Å²) in [4.78, 5) is 29.6. The van der Waals surface area contributed by atoms with Gasteiger partial charge in [0.25, 0.3) is 5.91 Å². The largest absolute Gasteiger partial charge is 0.465 e. The highest BCUT2D eigenvalue weighted by Crippen LogP contribution is 2.26. The standard InChI is InChI=1S/C23H28ClN3O5S/c1-4-32-23(29)21(17-6-8-18(24)9-7-17)26-11-13-27(14-12-26)22(28)20-15-19(10-5-16(20)2)33(30,31)25-3/h5-10,15,21,25H,4,11-14H2,1-3H3. The smallest absolute Gasteiger partial charge is 0.328 e. The number of hydrogen-bond acceptors (Lipinski definition) is 6. The Labute approximate surface area is 199 Å². The Hall–Kier alpha value is -2.46. The van der Waals surface area contributed by atoms with Gasteiger partial charge in [-0.15, -0.1) is 0 Å². The predicted molar refractivity (Wildman–Crippen MR) is 126 cm³/mol. The van der Waals surface area contributed by atoms with Crippen LogP contribution in [0, 0.1) is 6.92 Å². The number of amides is 1. The Morgan fingerprint density at radius 2 is 1.73 bits per heavy atom. The van der Waals surface area contributed by atoms with Crippen LogP contribution in [0.25, 0.3) is 0 Å². The summed E-state index contributed by atoms with van der Waals surface area (Å²) in [6.07, 6.45) is 0. The summed E-state index contributed by atoms with van der Waals surface area (Å²) in [5.74, 6) is -0.583. The molecule has 1 fully saturated rings. The molecule has 2 aromatic carbocycles. The van der Waals surface area contributed by atoms with Crippen molar-refractivity contribution in [2.75, 3.05) is 39.8 Å². The first-order valence-electron chi connectivity index (χ1n) is 10.7. The van der Waals surface area contributed by atoms with Gasteiger partial charge in [0.15, 0.2) is 0 Å². The summed E-state index contributed by atoms with van der Waals surface area (Å²) in [5.41, 5.74) is 1.82. The van der Waals surface area contributed by atoms with Crippen LogP contribution in [0.5, 0.6) is 0 Å². The molecular weight excluding hydrogens is 466 g/mol. The number of halogens is 1. The molecule has 8 nitrogen and oxygen atoms in total. The van der Waals surface area contributed by atoms with E-state index in [4.69, 9.17) is 16.3 Å². The zero-order chi connectivity index (χ0) is 24.2. The Morgan fingerprint density at radius 1 is 1.09 bits per heavy atom. The Morgan fingerprint density at radius 3 is 2.30 bits per heavy atom. The number of carbonyl (C=O) groups excluding carboxylic acids is 2. The second-order valence-corrected chi connectivity index (χ2v) is 10.0. The highest BCUT2D eigenvalue weighted by molar-refractivity contribution is 7.89. The first kappa shape index (κ1) is 25.2. The van der Waals surface area contributed by atoms with Gasteiger partial charge < -0.3 is 9.64 Å². The van der Waals surface area contributed by atoms with Crippen LogP contribution in [-0.2, 0) is 19.6 Å². The third-order valence-corrected chi connectivity index (χ3v) is 7.34. The number of nitrogens with zero attached hydrogens (tertiary/aromatic N) is 2. The molecule has 178 valence electrons. The van der Waals surface area contributed by atoms with Crippen LogP contribution >= 0.6 is 11.6 Å². The maximum absolute atomic E-state index is 13.2. The van der Waals surface area contributed by atoms with Gasteiger partial charge in [0.05, 0.1) is 11.5 Å². The highest BCUT2D eigenvalue weighted by atomic mass is 35.5. The highest BCUT2D eigenvalue weighted by Gasteiger charge is 2.33. The number of carbonyl (C=O) groups is 2. The van der Waals surface area contributed by atoms with Gasteiger partial charge in [-0.1, -0.05) is 29.8 Å². The number of rotatable bonds is 7. The van der Waals surface area contributed by atoms with Gasteiger partial charge in [-0.25, -0.2) is 17.9 Å². The van der Waals surface area contributed by atoms with E-state index in [0.29, 0.717) is 42.3 Å². The number of ether oxygens (including phenoxy) is 1. The van der Waals surface area contributed by atoms with Gasteiger partial charge in [-0.2, -0.15) is 0 Å². The van der Waals surface area contributed by atoms with Crippen LogP contribution in [0.3, 0.4) is 0 Å². The molecule has 1 amide bonds. The van der Waals surface area contributed by atoms with E-state index in [1.54, 1.807) is 49.1 Å². The summed E-state index contributed by atoms with van der Waals surface area (Å²) in [6, 6.07) is 11.0. The van der Waals surface area contributed by atoms with E-state index < -0.39 is 16.1 Å². The van der Waals surface area contributed by atoms with Crippen molar-refractivity contribution in [1.82, 2.24) is 14.5 Å². The van der Waals surface area contributed by atoms with Gasteiger partial charge >= 0.3 is 5.97 Å². The molecule has 1 aliphatic heterocycles. The van der Waals surface area contributed by atoms with Crippen LogP contribution in [0.4, 0.5) is 0 Å². The summed E-state index contributed by atoms with van der Waals surface area (Å²) < 4.78 is 31.9. The van der Waals surface area contributed by atoms with Crippen molar-refractivity contribution in [2.24, 2.45) is 0 Å². The molecule has 0 aromatic heterocycles. The zero-order valence-corrected chi connectivity index (χ0v) is 20.4. The Kier molecular flexibility index (Phi) is 8.12. The zero-order valence-electron chi connectivity index (χ0n) is 18.9. The monoisotopic (exact) mass is 493 g/mol. The lowest BCUT2D eigenvalue weighted by molar-refractivity contribution is -0.150. The molecule has 10 heteroatoms. The predicted octanol–water partition coefficient (Wildman–Crippen LogP) is 2.62. The molecule has 0 radical (unpaired) electrons. The normalized spacial score (nSPS) is 15.8. The Bertz CT molecular complexity index is 1110. The van der Waals surface area contributed by atoms with Crippen molar-refractivity contribution in [1.29, 1.82) is 0 Å². The topological polar surface area (TPSA) is 96.0 Å². The Balaban J connectivity index is 1.78. The van der Waals surface area contributed by atoms with Crippen LogP contribution in [0.1, 0.15) is 34.5 Å². The van der Waals surface area contributed by atoms with E-state index in [2.05, 4.69) is 4.72 Å². The molecular formula is C23H28ClN3O5S. The molecule has 3 rings (SSSR count). The van der Waals surface area contributed by atoms with Crippen LogP contribution in [0.2, 0.25) is 5.02 Å². The molecule has 2 aromatic rings. The van der Waals surface area contributed by atoms with Crippen molar-refractivity contribution in [3.05, 3.63) is 64.2 Å². The fraction of sp³-hybridized carbons (Fsp3) is 0.391. The van der Waals surface area contributed by atoms with Crippen molar-refractivity contribution in [2.45, 2.75) is 24.8 Å². The number of nitrogens with one attached hydrogen (secondary N) is 1. The summed E-state index contributed by atoms with van der Waals surface area (Å²) >= 11 is 6.00. The average molecular weight is 494 g/mol. The van der Waals surface area contributed by atoms with E-state index >= 15 is 0 Å². The fourth-order valence-corrected chi connectivity index (χ4v) is 4.71. The van der Waals surface area contributed by atoms with Crippen LogP contribution in [0.15, 0.2) is 47.4 Å². The van der Waals surface area contributed by atoms with Crippen LogP contribution < -0.4 is 4.72 Å². The molecule has 1 aliphatic rings. The second-order valence-electron chi connectivity index (χ2n) is 7.72. The fourth-order valence-electron chi connectivity index (χ4n) is 3.83. The van der Waals surface area contributed by atoms with Crippen molar-refractivity contribution in [3.8, 4) is 0 Å². The van der Waals surface area contributed by atoms with E-state index in [1.165, 1.54) is 19.2 Å². The maximum atomic E-state index is 13.2. The number of sulfonamides is 1. The molecule has 0 saturated carbocycles. The van der Waals surface area contributed by atoms with Gasteiger partial charge in [-0.3, -0.25) is 9.69 Å². The average Bonchev–Trinajstić information content (AvgIpc) is 2.81. The minimum atomic E-state index is -3.66. The molecule has 1 heterocycles. The van der Waals surface area contributed by atoms with Crippen molar-refractivity contribution >= 4 is 33.5 Å². The van der Waals surface area contributed by atoms with Gasteiger partial charge in [-0.05, 0) is 56.3 Å². The molecule has 33 heavy (non-hydrogen) atoms. The molecule has 1 unspecified atom stereocenters. The second kappa shape index (κ2) is 10.6.